The highest BCUT2D eigenvalue weighted by atomic mass is 16.6. The number of benzene rings is 1. The van der Waals surface area contributed by atoms with Gasteiger partial charge in [0, 0.05) is 55.2 Å². The molecule has 1 aliphatic rings. The molecule has 2 aromatic rings. The third-order valence-electron chi connectivity index (χ3n) is 4.38. The quantitative estimate of drug-likeness (QED) is 0.569. The smallest absolute Gasteiger partial charge is 0.335 e. The van der Waals surface area contributed by atoms with Crippen molar-refractivity contribution in [2.45, 2.75) is 18.4 Å². The maximum atomic E-state index is 12.6. The number of rotatable bonds is 3. The van der Waals surface area contributed by atoms with Crippen LogP contribution in [0.15, 0.2) is 24.4 Å². The Morgan fingerprint density at radius 1 is 1.29 bits per heavy atom. The van der Waals surface area contributed by atoms with Crippen molar-refractivity contribution in [3.05, 3.63) is 40.1 Å². The fraction of sp³-hybridized carbons (Fsp3) is 0.333. The molecule has 9 nitrogen and oxygen atoms in total. The first-order chi connectivity index (χ1) is 11.3. The fourth-order valence-electron chi connectivity index (χ4n) is 2.86. The molecule has 0 spiro atoms. The van der Waals surface area contributed by atoms with Gasteiger partial charge >= 0.3 is 5.97 Å². The van der Waals surface area contributed by atoms with Gasteiger partial charge in [-0.15, -0.1) is 0 Å². The van der Waals surface area contributed by atoms with Crippen LogP contribution in [0.25, 0.3) is 10.9 Å². The second kappa shape index (κ2) is 5.60. The lowest BCUT2D eigenvalue weighted by Crippen LogP contribution is -2.50. The maximum Gasteiger partial charge on any atom is 0.335 e. The van der Waals surface area contributed by atoms with Gasteiger partial charge in [-0.1, -0.05) is 0 Å². The van der Waals surface area contributed by atoms with Crippen LogP contribution in [0.3, 0.4) is 0 Å². The van der Waals surface area contributed by atoms with E-state index >= 15 is 0 Å². The maximum absolute atomic E-state index is 12.6. The molecule has 1 fully saturated rings. The summed E-state index contributed by atoms with van der Waals surface area (Å²) >= 11 is 0. The van der Waals surface area contributed by atoms with Crippen LogP contribution < -0.4 is 0 Å². The van der Waals surface area contributed by atoms with Crippen molar-refractivity contribution in [2.24, 2.45) is 0 Å². The highest BCUT2D eigenvalue weighted by Crippen LogP contribution is 2.27. The molecule has 1 aromatic carbocycles. The van der Waals surface area contributed by atoms with Gasteiger partial charge in [0.05, 0.1) is 10.5 Å². The molecular weight excluding hydrogens is 318 g/mol. The third kappa shape index (κ3) is 2.58. The van der Waals surface area contributed by atoms with Crippen LogP contribution >= 0.6 is 0 Å². The summed E-state index contributed by atoms with van der Waals surface area (Å²) in [4.78, 5) is 38.4. The Labute approximate surface area is 135 Å². The average Bonchev–Trinajstić information content (AvgIpc) is 2.97. The van der Waals surface area contributed by atoms with E-state index in [-0.39, 0.29) is 43.1 Å². The molecule has 1 aromatic heterocycles. The van der Waals surface area contributed by atoms with Crippen LogP contribution in [0, 0.1) is 10.1 Å². The largest absolute Gasteiger partial charge is 0.479 e. The molecule has 1 saturated heterocycles. The molecule has 3 N–H and O–H groups in total. The minimum absolute atomic E-state index is 0.0590. The van der Waals surface area contributed by atoms with Crippen molar-refractivity contribution >= 4 is 28.5 Å². The monoisotopic (exact) mass is 333 g/mol. The molecule has 0 radical (unpaired) electrons. The number of aromatic nitrogens is 1. The van der Waals surface area contributed by atoms with Crippen molar-refractivity contribution in [3.63, 3.8) is 0 Å². The fourth-order valence-corrected chi connectivity index (χ4v) is 2.86. The molecule has 1 amide bonds. The number of carboxylic acid groups (broad SMARTS) is 1. The first-order valence-electron chi connectivity index (χ1n) is 7.32. The summed E-state index contributed by atoms with van der Waals surface area (Å²) in [6, 6.07) is 4.21. The molecule has 24 heavy (non-hydrogen) atoms. The van der Waals surface area contributed by atoms with Crippen LogP contribution in [-0.2, 0) is 4.79 Å². The predicted molar refractivity (Wildman–Crippen MR) is 82.7 cm³/mol. The predicted octanol–water partition coefficient (Wildman–Crippen LogP) is 1.13. The van der Waals surface area contributed by atoms with E-state index in [9.17, 15) is 24.8 Å². The van der Waals surface area contributed by atoms with Crippen LogP contribution in [0.5, 0.6) is 0 Å². The summed E-state index contributed by atoms with van der Waals surface area (Å²) in [6.07, 6.45) is 1.36. The van der Waals surface area contributed by atoms with Gasteiger partial charge in [-0.05, 0) is 6.07 Å². The Hall–Kier alpha value is -2.94. The Kier molecular flexibility index (Phi) is 3.72. The zero-order valence-corrected chi connectivity index (χ0v) is 12.6. The SMILES string of the molecule is O=C(c1c[nH]c2ccc([N+](=O)[O-])cc12)N1CCC(O)(C(=O)O)CC1. The summed E-state index contributed by atoms with van der Waals surface area (Å²) in [5.41, 5.74) is -1.04. The summed E-state index contributed by atoms with van der Waals surface area (Å²) in [6.45, 7) is 0.201. The summed E-state index contributed by atoms with van der Waals surface area (Å²) < 4.78 is 0. The third-order valence-corrected chi connectivity index (χ3v) is 4.38. The molecule has 3 rings (SSSR count). The number of aromatic amines is 1. The molecule has 0 saturated carbocycles. The molecule has 0 unspecified atom stereocenters. The Balaban J connectivity index is 1.86. The number of aliphatic hydroxyl groups is 1. The lowest BCUT2D eigenvalue weighted by molar-refractivity contribution is -0.384. The van der Waals surface area contributed by atoms with Gasteiger partial charge in [-0.2, -0.15) is 0 Å². The Morgan fingerprint density at radius 3 is 2.54 bits per heavy atom. The second-order valence-corrected chi connectivity index (χ2v) is 5.82. The molecule has 126 valence electrons. The van der Waals surface area contributed by atoms with Gasteiger partial charge in [0.25, 0.3) is 11.6 Å². The number of hydrogen-bond donors (Lipinski definition) is 3. The van der Waals surface area contributed by atoms with E-state index < -0.39 is 16.5 Å². The number of carboxylic acids is 1. The minimum Gasteiger partial charge on any atom is -0.479 e. The number of carbonyl (C=O) groups excluding carboxylic acids is 1. The zero-order chi connectivity index (χ0) is 17.5. The molecule has 0 aliphatic carbocycles. The summed E-state index contributed by atoms with van der Waals surface area (Å²) in [5.74, 6) is -1.65. The molecule has 1 aliphatic heterocycles. The molecule has 2 heterocycles. The van der Waals surface area contributed by atoms with Gasteiger partial charge in [-0.3, -0.25) is 14.9 Å². The number of likely N-dealkylation sites (tertiary alicyclic amines) is 1. The van der Waals surface area contributed by atoms with Gasteiger partial charge in [0.1, 0.15) is 0 Å². The number of carbonyl (C=O) groups is 2. The lowest BCUT2D eigenvalue weighted by atomic mass is 9.91. The number of piperidine rings is 1. The van der Waals surface area contributed by atoms with Crippen molar-refractivity contribution in [2.75, 3.05) is 13.1 Å². The van der Waals surface area contributed by atoms with Crippen LogP contribution in [0.4, 0.5) is 5.69 Å². The molecule has 0 bridgehead atoms. The first kappa shape index (κ1) is 15.9. The normalized spacial score (nSPS) is 17.0. The summed E-state index contributed by atoms with van der Waals surface area (Å²) in [7, 11) is 0. The highest BCUT2D eigenvalue weighted by molar-refractivity contribution is 6.07. The molecule has 0 atom stereocenters. The molecule has 9 heteroatoms. The van der Waals surface area contributed by atoms with Gasteiger partial charge < -0.3 is 20.1 Å². The number of amides is 1. The van der Waals surface area contributed by atoms with Crippen molar-refractivity contribution in [3.8, 4) is 0 Å². The van der Waals surface area contributed by atoms with E-state index in [1.54, 1.807) is 0 Å². The zero-order valence-electron chi connectivity index (χ0n) is 12.6. The van der Waals surface area contributed by atoms with Crippen LogP contribution in [0.1, 0.15) is 23.2 Å². The van der Waals surface area contributed by atoms with Crippen molar-refractivity contribution < 1.29 is 24.7 Å². The van der Waals surface area contributed by atoms with Gasteiger partial charge in [0.2, 0.25) is 0 Å². The Bertz CT molecular complexity index is 835. The lowest BCUT2D eigenvalue weighted by Gasteiger charge is -2.35. The summed E-state index contributed by atoms with van der Waals surface area (Å²) in [5, 5.41) is 30.3. The van der Waals surface area contributed by atoms with E-state index in [1.807, 2.05) is 0 Å². The number of fused-ring (bicyclic) bond motifs is 1. The van der Waals surface area contributed by atoms with Crippen molar-refractivity contribution in [1.29, 1.82) is 0 Å². The van der Waals surface area contributed by atoms with Crippen LogP contribution in [0.2, 0.25) is 0 Å². The second-order valence-electron chi connectivity index (χ2n) is 5.82. The van der Waals surface area contributed by atoms with E-state index in [1.165, 1.54) is 29.3 Å². The number of nitrogens with zero attached hydrogens (tertiary/aromatic N) is 2. The highest BCUT2D eigenvalue weighted by Gasteiger charge is 2.40. The minimum atomic E-state index is -1.81. The standard InChI is InChI=1S/C15H15N3O6/c19-13(17-5-3-15(22,4-6-17)14(20)21)11-8-16-12-2-1-9(18(23)24)7-10(11)12/h1-2,7-8,16,22H,3-6H2,(H,20,21). The number of nitro groups is 1. The number of nitro benzene ring substituents is 1. The topological polar surface area (TPSA) is 137 Å². The van der Waals surface area contributed by atoms with E-state index in [0.717, 1.165) is 0 Å². The van der Waals surface area contributed by atoms with E-state index in [4.69, 9.17) is 5.11 Å². The van der Waals surface area contributed by atoms with E-state index in [0.29, 0.717) is 10.9 Å². The first-order valence-corrected chi connectivity index (χ1v) is 7.32. The number of hydrogen-bond acceptors (Lipinski definition) is 5. The van der Waals surface area contributed by atoms with Gasteiger partial charge in [0.15, 0.2) is 5.60 Å². The number of aliphatic carboxylic acids is 1. The van der Waals surface area contributed by atoms with Gasteiger partial charge in [-0.25, -0.2) is 4.79 Å². The van der Waals surface area contributed by atoms with Crippen LogP contribution in [-0.4, -0.2) is 55.6 Å². The van der Waals surface area contributed by atoms with E-state index in [2.05, 4.69) is 4.98 Å². The number of non-ortho nitro benzene ring substituents is 1. The van der Waals surface area contributed by atoms with Crippen molar-refractivity contribution in [1.82, 2.24) is 9.88 Å². The number of H-pyrrole nitrogens is 1. The Morgan fingerprint density at radius 2 is 1.96 bits per heavy atom. The number of nitrogens with one attached hydrogen (secondary N) is 1. The average molecular weight is 333 g/mol. The molecular formula is C15H15N3O6.